The molecule has 0 aliphatic carbocycles. The van der Waals surface area contributed by atoms with Gasteiger partial charge in [-0.05, 0) is 134 Å². The van der Waals surface area contributed by atoms with E-state index in [1.54, 1.807) is 128 Å². The molecular weight excluding hydrogens is 1810 g/mol. The highest BCUT2D eigenvalue weighted by Gasteiger charge is 2.20. The number of benzene rings is 10. The number of amidine groups is 1. The number of nitrogens with one attached hydrogen (secondary N) is 4. The molecule has 13 aromatic rings. The minimum atomic E-state index is -0.723. The van der Waals surface area contributed by atoms with Gasteiger partial charge in [-0.3, -0.25) is 48.3 Å². The smallest absolute Gasteiger partial charge is 0.419 e. The number of anilines is 3. The number of hydrogen-bond acceptors (Lipinski definition) is 21. The van der Waals surface area contributed by atoms with E-state index in [0.717, 1.165) is 48.8 Å². The van der Waals surface area contributed by atoms with E-state index in [2.05, 4.69) is 48.6 Å². The van der Waals surface area contributed by atoms with Crippen molar-refractivity contribution in [2.24, 2.45) is 11.5 Å². The molecule has 3 aromatic heterocycles. The fraction of sp³-hybridized carbons (Fsp3) is 0.324. The molecule has 2 amide bonds. The summed E-state index contributed by atoms with van der Waals surface area (Å²) in [5.41, 5.74) is 28.9. The monoisotopic (exact) mass is 1940 g/mol. The minimum absolute atomic E-state index is 0. The Balaban J connectivity index is 0.000000266. The van der Waals surface area contributed by atoms with Gasteiger partial charge in [-0.1, -0.05) is 322 Å². The number of rotatable bonds is 41. The largest absolute Gasteiger partial charge is 0.466 e. The third-order valence-electron chi connectivity index (χ3n) is 21.1. The van der Waals surface area contributed by atoms with E-state index in [-0.39, 0.29) is 78.0 Å². The first kappa shape index (κ1) is 113. The van der Waals surface area contributed by atoms with E-state index in [4.69, 9.17) is 65.8 Å². The number of para-hydroxylation sites is 4. The van der Waals surface area contributed by atoms with Crippen LogP contribution in [0.15, 0.2) is 278 Å². The molecule has 0 saturated heterocycles. The summed E-state index contributed by atoms with van der Waals surface area (Å²) in [6.07, 6.45) is 24.4. The Morgan fingerprint density at radius 2 is 0.848 bits per heavy atom. The van der Waals surface area contributed by atoms with Crippen LogP contribution in [0.3, 0.4) is 0 Å². The maximum Gasteiger partial charge on any atom is 0.419 e. The lowest BCUT2D eigenvalue weighted by atomic mass is 10.1. The van der Waals surface area contributed by atoms with Gasteiger partial charge in [-0.25, -0.2) is 29.1 Å². The number of halogens is 3. The highest BCUT2D eigenvalue weighted by atomic mass is 35.5. The predicted molar refractivity (Wildman–Crippen MR) is 554 cm³/mol. The van der Waals surface area contributed by atoms with Crippen LogP contribution in [-0.2, 0) is 72.4 Å². The molecule has 27 nitrogen and oxygen atoms in total. The highest BCUT2D eigenvalue weighted by molar-refractivity contribution is 6.34. The van der Waals surface area contributed by atoms with Crippen molar-refractivity contribution in [1.82, 2.24) is 29.4 Å². The molecule has 0 bridgehead atoms. The van der Waals surface area contributed by atoms with Crippen LogP contribution in [0, 0.1) is 5.41 Å². The van der Waals surface area contributed by atoms with Gasteiger partial charge >= 0.3 is 35.3 Å². The molecule has 0 spiro atoms. The molecule has 0 unspecified atom stereocenters. The van der Waals surface area contributed by atoms with Gasteiger partial charge in [-0.15, -0.1) is 12.4 Å². The second-order valence-electron chi connectivity index (χ2n) is 31.9. The van der Waals surface area contributed by atoms with Crippen LogP contribution in [0.25, 0.3) is 32.7 Å². The number of carbonyl (C=O) groups is 6. The van der Waals surface area contributed by atoms with Crippen LogP contribution >= 0.6 is 35.6 Å². The fourth-order valence-corrected chi connectivity index (χ4v) is 14.2. The fourth-order valence-electron chi connectivity index (χ4n) is 13.9. The molecule has 0 atom stereocenters. The number of nitrogen functional groups attached to an aromatic ring is 2. The number of amides is 2. The standard InChI is InChI=1S/C36H42ClN3O4.C19H30ClNO2.C19H18N2O3.C14H14N2O.C8H5NO3.C7H9N.C5H10N2O2.ClH/c1-2-3-4-5-6-7-8-9-10-16-23-44-36(43)28-21-22-30(37)32(24-28)39-34(41)25-33-38-31-20-15-14-19-29(31)35(42)40(33)26-27-17-12-11-13-18-27;1-2-3-4-5-6-7-8-9-10-11-14-23-19(22)16-12-13-17(20)18(21)15-16;1-2-24-18(22)12-17-20-16-11-7-6-10-15(16)19(23)21(17)13-14-8-4-3-5-9-14;15-13-9-5-4-8-12(13)14(17)16-10-11-6-2-1-3-7-11;10-7-5-3-1-2-4-6(5)9-8(11)12-7;8-6-7-4-2-1-3-5-7;1-2-9-5(8)3-4(6)7;/h11-15,17-22,24H,2-10,16,23,25-26H2,1H3,(H,39,41);12-13,15H,2-11,14,21H2,1H3;3-11H,2,12-13H2,1H3;1-9H,10,15H2,(H,16,17);1-4H,(H,9,11);1-5H,6,8H2;2-3H2,1H3,(H3,6,7);1H. The summed E-state index contributed by atoms with van der Waals surface area (Å²) in [7, 11) is 0. The molecular formula is C108H129Cl3N12O15. The van der Waals surface area contributed by atoms with Gasteiger partial charge in [-0.2, -0.15) is 0 Å². The number of fused-ring (bicyclic) bond motifs is 3. The van der Waals surface area contributed by atoms with Gasteiger partial charge < -0.3 is 56.9 Å². The number of aromatic amines is 1. The molecule has 0 fully saturated rings. The van der Waals surface area contributed by atoms with Gasteiger partial charge in [0.15, 0.2) is 0 Å². The SMILES string of the molecule is CCCCCCCCCCCCOC(=O)c1ccc(Cl)c(N)c1.CCCCCCCCCCCCOC(=O)c1ccc(Cl)c(NC(=O)Cc2nc3ccccc3c(=O)n2Cc2ccccc2)c1.CCOC(=O)CC(=N)N.CCOC(=O)Cc1nc2ccccc2c(=O)n1Cc1ccccc1.Cl.NCc1ccccc1.Nc1ccccc1C(=O)NCc1ccccc1.O=c1[nH]c2ccccc2c(=O)o1. The van der Waals surface area contributed by atoms with Gasteiger partial charge in [0.25, 0.3) is 17.0 Å². The van der Waals surface area contributed by atoms with Gasteiger partial charge in [0.1, 0.15) is 30.3 Å². The van der Waals surface area contributed by atoms with Crippen LogP contribution in [0.4, 0.5) is 17.1 Å². The number of nitrogens with two attached hydrogens (primary N) is 4. The topological polar surface area (TPSA) is 424 Å². The van der Waals surface area contributed by atoms with Crippen molar-refractivity contribution in [3.63, 3.8) is 0 Å². The molecule has 0 saturated carbocycles. The van der Waals surface area contributed by atoms with Gasteiger partial charge in [0, 0.05) is 18.8 Å². The van der Waals surface area contributed by atoms with Crippen LogP contribution in [0.5, 0.6) is 0 Å². The van der Waals surface area contributed by atoms with Gasteiger partial charge in [0.05, 0.1) is 117 Å². The molecule has 0 radical (unpaired) electrons. The Morgan fingerprint density at radius 3 is 1.30 bits per heavy atom. The van der Waals surface area contributed by atoms with Crippen molar-refractivity contribution in [2.75, 3.05) is 43.2 Å². The Morgan fingerprint density at radius 1 is 0.442 bits per heavy atom. The Kier molecular flexibility index (Phi) is 53.1. The summed E-state index contributed by atoms with van der Waals surface area (Å²) in [5, 5.41) is 14.5. The summed E-state index contributed by atoms with van der Waals surface area (Å²) < 4.78 is 27.6. The number of ether oxygens (including phenoxy) is 4. The zero-order chi connectivity index (χ0) is 98.7. The highest BCUT2D eigenvalue weighted by Crippen LogP contribution is 2.26. The van der Waals surface area contributed by atoms with Crippen molar-refractivity contribution in [2.45, 2.75) is 202 Å². The number of aromatic nitrogens is 5. The lowest BCUT2D eigenvalue weighted by molar-refractivity contribution is -0.143. The number of carbonyl (C=O) groups excluding carboxylic acids is 6. The van der Waals surface area contributed by atoms with E-state index in [9.17, 15) is 47.9 Å². The van der Waals surface area contributed by atoms with Crippen molar-refractivity contribution in [1.29, 1.82) is 5.41 Å². The molecule has 138 heavy (non-hydrogen) atoms. The van der Waals surface area contributed by atoms with Crippen molar-refractivity contribution in [3.05, 3.63) is 357 Å². The molecule has 0 aliphatic rings. The summed E-state index contributed by atoms with van der Waals surface area (Å²) in [5.74, 6) is -2.30. The molecule has 10 aromatic carbocycles. The van der Waals surface area contributed by atoms with Crippen LogP contribution in [0.2, 0.25) is 10.0 Å². The quantitative estimate of drug-likeness (QED) is 0.00440. The van der Waals surface area contributed by atoms with E-state index in [1.807, 2.05) is 140 Å². The van der Waals surface area contributed by atoms with Crippen molar-refractivity contribution in [3.8, 4) is 0 Å². The van der Waals surface area contributed by atoms with E-state index in [0.29, 0.717) is 129 Å². The van der Waals surface area contributed by atoms with Crippen molar-refractivity contribution >= 4 is 127 Å². The Hall–Kier alpha value is -13.9. The second kappa shape index (κ2) is 65.0. The average molecular weight is 1940 g/mol. The van der Waals surface area contributed by atoms with E-state index >= 15 is 0 Å². The molecule has 3 heterocycles. The number of unbranched alkanes of at least 4 members (excludes halogenated alkanes) is 18. The predicted octanol–water partition coefficient (Wildman–Crippen LogP) is 21.0. The third kappa shape index (κ3) is 41.8. The first-order valence-electron chi connectivity index (χ1n) is 46.6. The summed E-state index contributed by atoms with van der Waals surface area (Å²) in [6, 6.07) is 76.4. The molecule has 0 aliphatic heterocycles. The number of esters is 4. The maximum absolute atomic E-state index is 13.4. The second-order valence-corrected chi connectivity index (χ2v) is 32.7. The van der Waals surface area contributed by atoms with E-state index in [1.165, 1.54) is 113 Å². The van der Waals surface area contributed by atoms with Crippen molar-refractivity contribution < 1.29 is 52.1 Å². The first-order chi connectivity index (χ1) is 66.4. The number of H-pyrrole nitrogens is 1. The third-order valence-corrected chi connectivity index (χ3v) is 21.8. The lowest BCUT2D eigenvalue weighted by Gasteiger charge is -2.14. The number of hydrogen-bond donors (Lipinski definition) is 8. The normalized spacial score (nSPS) is 10.4. The average Bonchev–Trinajstić information content (AvgIpc) is 0.783. The van der Waals surface area contributed by atoms with Crippen LogP contribution in [-0.4, -0.2) is 92.0 Å². The Bertz CT molecular complexity index is 6170. The van der Waals surface area contributed by atoms with Crippen LogP contribution in [0.1, 0.15) is 228 Å². The molecule has 732 valence electrons. The molecule has 13 rings (SSSR count). The van der Waals surface area contributed by atoms with E-state index < -0.39 is 29.2 Å². The maximum atomic E-state index is 13.4. The zero-order valence-electron chi connectivity index (χ0n) is 79.1. The summed E-state index contributed by atoms with van der Waals surface area (Å²) in [6.45, 7) is 11.2. The zero-order valence-corrected chi connectivity index (χ0v) is 81.4. The number of nitrogens with zero attached hydrogens (tertiary/aromatic N) is 4. The summed E-state index contributed by atoms with van der Waals surface area (Å²) in [4.78, 5) is 131. The Labute approximate surface area is 822 Å². The van der Waals surface area contributed by atoms with Crippen LogP contribution < -0.4 is 56.1 Å². The molecule has 12 N–H and O–H groups in total. The molecule has 30 heteroatoms. The minimum Gasteiger partial charge on any atom is -0.466 e. The first-order valence-corrected chi connectivity index (χ1v) is 47.4. The lowest BCUT2D eigenvalue weighted by Crippen LogP contribution is -2.29. The summed E-state index contributed by atoms with van der Waals surface area (Å²) >= 11 is 12.2. The van der Waals surface area contributed by atoms with Gasteiger partial charge in [0.2, 0.25) is 5.91 Å².